The van der Waals surface area contributed by atoms with E-state index in [2.05, 4.69) is 116 Å². The first-order valence-electron chi connectivity index (χ1n) is 19.1. The molecule has 0 saturated carbocycles. The molecule has 8 rings (SSSR count). The Morgan fingerprint density at radius 2 is 0.810 bits per heavy atom. The Labute approximate surface area is 361 Å². The first kappa shape index (κ1) is 41.1. The fraction of sp³-hybridized carbons (Fsp3) is 0.234. The predicted molar refractivity (Wildman–Crippen MR) is 246 cm³/mol. The van der Waals surface area contributed by atoms with Crippen molar-refractivity contribution in [2.75, 3.05) is 0 Å². The molecule has 0 fully saturated rings. The standard InChI is InChI=1S/C47H45Cl4NO4P2/c1-29-24-31-28-32-25-30(2)27-37(47(6,7)8)43(32)54-58(53-42(31)36(26-29)46(3,4)5,55-44-40(50)38(48)39(49)41(51)45(44)56-58)52-57(33-18-12-9-13-19-33,34-20-14-10-15-21-34)35-22-16-11-17-23-35/h9-27H,28H2,1-8H3. The fourth-order valence-electron chi connectivity index (χ4n) is 7.80. The molecule has 0 N–H and O–H groups in total. The molecule has 1 spiro atoms. The summed E-state index contributed by atoms with van der Waals surface area (Å²) >= 11 is 27.9. The zero-order valence-electron chi connectivity index (χ0n) is 33.7. The van der Waals surface area contributed by atoms with Crippen molar-refractivity contribution >= 4 is 77.0 Å². The molecule has 0 saturated heterocycles. The van der Waals surface area contributed by atoms with Crippen LogP contribution in [0, 0.1) is 13.8 Å². The van der Waals surface area contributed by atoms with E-state index in [-0.39, 0.29) is 31.6 Å². The van der Waals surface area contributed by atoms with Gasteiger partial charge in [0.1, 0.15) is 0 Å². The SMILES string of the molecule is Cc1cc2c(c(C(C)(C)C)c1)OP1(N=P(c3ccccc3)(c3ccccc3)c3ccccc3)(Oc3c(cc(C)cc3C(C)(C)C)C2)Oc2c(Cl)c(Cl)c(Cl)c(Cl)c2O1. The van der Waals surface area contributed by atoms with E-state index < -0.39 is 25.5 Å². The molecule has 58 heavy (non-hydrogen) atoms. The van der Waals surface area contributed by atoms with Crippen LogP contribution in [0.15, 0.2) is 120 Å². The van der Waals surface area contributed by atoms with Crippen LogP contribution in [0.1, 0.15) is 74.9 Å². The zero-order valence-corrected chi connectivity index (χ0v) is 38.5. The van der Waals surface area contributed by atoms with Gasteiger partial charge < -0.3 is 0 Å². The third kappa shape index (κ3) is 6.91. The van der Waals surface area contributed by atoms with E-state index >= 15 is 0 Å². The van der Waals surface area contributed by atoms with Gasteiger partial charge >= 0.3 is 364 Å². The first-order chi connectivity index (χ1) is 27.3. The summed E-state index contributed by atoms with van der Waals surface area (Å²) in [5, 5.41) is 2.76. The molecule has 0 aromatic heterocycles. The van der Waals surface area contributed by atoms with E-state index in [1.54, 1.807) is 0 Å². The Kier molecular flexibility index (Phi) is 10.3. The molecule has 6 aromatic carbocycles. The second-order valence-electron chi connectivity index (χ2n) is 17.1. The predicted octanol–water partition coefficient (Wildman–Crippen LogP) is 14.7. The summed E-state index contributed by atoms with van der Waals surface area (Å²) in [6, 6.07) is 39.2. The third-order valence-electron chi connectivity index (χ3n) is 10.4. The van der Waals surface area contributed by atoms with Crippen molar-refractivity contribution in [3.63, 3.8) is 0 Å². The van der Waals surface area contributed by atoms with E-state index in [1.807, 2.05) is 54.6 Å². The van der Waals surface area contributed by atoms with Crippen molar-refractivity contribution in [1.29, 1.82) is 0 Å². The summed E-state index contributed by atoms with van der Waals surface area (Å²) in [7, 11) is -8.96. The normalized spacial score (nSPS) is 16.1. The van der Waals surface area contributed by atoms with Gasteiger partial charge in [0, 0.05) is 0 Å². The maximum absolute atomic E-state index is 7.75. The van der Waals surface area contributed by atoms with Gasteiger partial charge in [0.05, 0.1) is 0 Å². The van der Waals surface area contributed by atoms with Crippen LogP contribution in [-0.2, 0) is 17.3 Å². The summed E-state index contributed by atoms with van der Waals surface area (Å²) in [5.74, 6) is 1.17. The van der Waals surface area contributed by atoms with E-state index in [0.717, 1.165) is 49.3 Å². The Bertz CT molecular complexity index is 2440. The van der Waals surface area contributed by atoms with Crippen molar-refractivity contribution in [3.8, 4) is 23.0 Å². The van der Waals surface area contributed by atoms with Gasteiger partial charge in [0.25, 0.3) is 0 Å². The number of halogens is 4. The average molecular weight is 892 g/mol. The first-order valence-corrected chi connectivity index (χ1v) is 24.2. The van der Waals surface area contributed by atoms with Crippen LogP contribution in [0.3, 0.4) is 0 Å². The summed E-state index contributed by atoms with van der Waals surface area (Å²) in [4.78, 5) is 0. The van der Waals surface area contributed by atoms with Crippen LogP contribution in [0.25, 0.3) is 0 Å². The molecule has 2 heterocycles. The van der Waals surface area contributed by atoms with Gasteiger partial charge in [-0.2, -0.15) is 0 Å². The average Bonchev–Trinajstić information content (AvgIpc) is 3.53. The molecule has 0 unspecified atom stereocenters. The summed E-state index contributed by atoms with van der Waals surface area (Å²) in [6.07, 6.45) is 0.509. The number of hydrogen-bond acceptors (Lipinski definition) is 5. The Morgan fingerprint density at radius 1 is 0.483 bits per heavy atom. The van der Waals surface area contributed by atoms with Gasteiger partial charge in [-0.15, -0.1) is 0 Å². The molecule has 2 aliphatic heterocycles. The molecule has 0 atom stereocenters. The zero-order chi connectivity index (χ0) is 41.4. The summed E-state index contributed by atoms with van der Waals surface area (Å²) < 4.78 is 36.4. The number of aryl methyl sites for hydroxylation is 2. The van der Waals surface area contributed by atoms with E-state index in [9.17, 15) is 0 Å². The number of nitrogens with zero attached hydrogens (tertiary/aromatic N) is 1. The van der Waals surface area contributed by atoms with Gasteiger partial charge in [0.2, 0.25) is 0 Å². The number of benzene rings is 6. The van der Waals surface area contributed by atoms with Gasteiger partial charge in [-0.3, -0.25) is 0 Å². The summed E-state index contributed by atoms with van der Waals surface area (Å²) in [5.41, 5.74) is 5.07. The molecule has 300 valence electrons. The topological polar surface area (TPSA) is 49.3 Å². The molecule has 0 bridgehead atoms. The summed E-state index contributed by atoms with van der Waals surface area (Å²) in [6.45, 7) is 17.2. The second kappa shape index (κ2) is 14.5. The van der Waals surface area contributed by atoms with Crippen molar-refractivity contribution in [1.82, 2.24) is 0 Å². The van der Waals surface area contributed by atoms with Gasteiger partial charge in [0.15, 0.2) is 0 Å². The van der Waals surface area contributed by atoms with Crippen LogP contribution in [0.5, 0.6) is 23.0 Å². The van der Waals surface area contributed by atoms with Gasteiger partial charge in [-0.1, -0.05) is 0 Å². The van der Waals surface area contributed by atoms with Crippen molar-refractivity contribution in [2.24, 2.45) is 4.52 Å². The Hall–Kier alpha value is -3.66. The van der Waals surface area contributed by atoms with Crippen LogP contribution < -0.4 is 34.0 Å². The second-order valence-corrected chi connectivity index (χ2v) is 24.4. The molecule has 5 nitrogen and oxygen atoms in total. The molecule has 0 radical (unpaired) electrons. The van der Waals surface area contributed by atoms with E-state index in [4.69, 9.17) is 69.0 Å². The van der Waals surface area contributed by atoms with Crippen LogP contribution in [0.2, 0.25) is 20.1 Å². The van der Waals surface area contributed by atoms with Crippen molar-refractivity contribution < 1.29 is 18.1 Å². The molecular formula is C47H45Cl4NO4P2. The molecular weight excluding hydrogens is 846 g/mol. The fourth-order valence-corrected chi connectivity index (χ4v) is 17.3. The quantitative estimate of drug-likeness (QED) is 0.101. The number of hydrogen-bond donors (Lipinski definition) is 0. The molecule has 2 aliphatic rings. The minimum atomic E-state index is -5.67. The van der Waals surface area contributed by atoms with E-state index in [0.29, 0.717) is 17.9 Å². The van der Waals surface area contributed by atoms with Crippen LogP contribution in [0.4, 0.5) is 0 Å². The van der Waals surface area contributed by atoms with E-state index in [1.165, 1.54) is 0 Å². The molecule has 0 aliphatic carbocycles. The third-order valence-corrected chi connectivity index (χ3v) is 19.5. The monoisotopic (exact) mass is 889 g/mol. The van der Waals surface area contributed by atoms with Crippen LogP contribution in [-0.4, -0.2) is 0 Å². The van der Waals surface area contributed by atoms with Crippen LogP contribution >= 0.6 is 61.1 Å². The molecule has 11 heteroatoms. The minimum absolute atomic E-state index is 0.000409. The van der Waals surface area contributed by atoms with Crippen molar-refractivity contribution in [3.05, 3.63) is 169 Å². The van der Waals surface area contributed by atoms with Gasteiger partial charge in [-0.05, 0) is 0 Å². The number of rotatable bonds is 4. The molecule has 0 amide bonds. The van der Waals surface area contributed by atoms with Crippen molar-refractivity contribution in [2.45, 2.75) is 72.6 Å². The Balaban J connectivity index is 1.67. The van der Waals surface area contributed by atoms with Gasteiger partial charge in [-0.25, -0.2) is 0 Å². The molecule has 6 aromatic rings. The Morgan fingerprint density at radius 3 is 1.14 bits per heavy atom. The maximum atomic E-state index is 7.75. The number of fused-ring (bicyclic) bond motifs is 3.